The lowest BCUT2D eigenvalue weighted by Gasteiger charge is -2.50. The summed E-state index contributed by atoms with van der Waals surface area (Å²) in [6, 6.07) is 8.34. The second-order valence-corrected chi connectivity index (χ2v) is 11.1. The summed E-state index contributed by atoms with van der Waals surface area (Å²) in [5.74, 6) is 2.53. The molecule has 0 unspecified atom stereocenters. The minimum Gasteiger partial charge on any atom is -0.491 e. The highest BCUT2D eigenvalue weighted by Crippen LogP contribution is 2.62. The largest absolute Gasteiger partial charge is 0.491 e. The van der Waals surface area contributed by atoms with Crippen molar-refractivity contribution in [1.82, 2.24) is 0 Å². The second-order valence-electron chi connectivity index (χ2n) is 11.1. The molecule has 4 atom stereocenters. The zero-order chi connectivity index (χ0) is 26.5. The van der Waals surface area contributed by atoms with Gasteiger partial charge in [0, 0.05) is 35.6 Å². The van der Waals surface area contributed by atoms with Crippen LogP contribution in [0.15, 0.2) is 52.2 Å². The van der Waals surface area contributed by atoms with Gasteiger partial charge in [-0.15, -0.1) is 0 Å². The Bertz CT molecular complexity index is 1170. The Kier molecular flexibility index (Phi) is 8.32. The molecule has 0 bridgehead atoms. The first-order chi connectivity index (χ1) is 18.5. The predicted molar refractivity (Wildman–Crippen MR) is 143 cm³/mol. The number of ether oxygens (including phenoxy) is 3. The van der Waals surface area contributed by atoms with Crippen molar-refractivity contribution < 1.29 is 23.8 Å². The first kappa shape index (κ1) is 26.7. The fourth-order valence-electron chi connectivity index (χ4n) is 7.22. The molecule has 2 fully saturated rings. The Morgan fingerprint density at radius 3 is 2.53 bits per heavy atom. The monoisotopic (exact) mass is 519 g/mol. The number of ketones is 2. The molecule has 1 aromatic rings. The number of hydrogen-bond acceptors (Lipinski definition) is 6. The molecule has 0 saturated heterocycles. The van der Waals surface area contributed by atoms with Crippen LogP contribution in [0.25, 0.3) is 10.4 Å². The minimum absolute atomic E-state index is 0.200. The number of azide groups is 1. The van der Waals surface area contributed by atoms with E-state index in [1.165, 1.54) is 22.3 Å². The van der Waals surface area contributed by atoms with Gasteiger partial charge in [0.25, 0.3) is 0 Å². The summed E-state index contributed by atoms with van der Waals surface area (Å²) in [5.41, 5.74) is 13.4. The summed E-state index contributed by atoms with van der Waals surface area (Å²) in [6.07, 6.45) is 7.88. The molecule has 0 spiro atoms. The second kappa shape index (κ2) is 11.9. The molecule has 2 saturated carbocycles. The number of rotatable bonds is 11. The third-order valence-electron chi connectivity index (χ3n) is 8.99. The fraction of sp³-hybridized carbons (Fsp3) is 0.600. The molecule has 0 aromatic heterocycles. The van der Waals surface area contributed by atoms with Crippen LogP contribution in [-0.2, 0) is 19.1 Å². The molecule has 1 aromatic carbocycles. The Hall–Kier alpha value is -2.93. The number of allylic oxidation sites excluding steroid dienone is 4. The summed E-state index contributed by atoms with van der Waals surface area (Å²) in [7, 11) is 0. The highest BCUT2D eigenvalue weighted by molar-refractivity contribution is 5.93. The molecule has 4 aliphatic rings. The van der Waals surface area contributed by atoms with E-state index in [1.54, 1.807) is 0 Å². The average molecular weight is 520 g/mol. The van der Waals surface area contributed by atoms with Gasteiger partial charge >= 0.3 is 0 Å². The Balaban J connectivity index is 1.24. The van der Waals surface area contributed by atoms with E-state index in [0.717, 1.165) is 37.9 Å². The van der Waals surface area contributed by atoms with Crippen LogP contribution in [0.5, 0.6) is 5.75 Å². The first-order valence-corrected chi connectivity index (χ1v) is 13.9. The van der Waals surface area contributed by atoms with Gasteiger partial charge in [0.15, 0.2) is 5.78 Å². The first-order valence-electron chi connectivity index (χ1n) is 13.9. The molecule has 4 aliphatic carbocycles. The molecule has 0 amide bonds. The lowest BCUT2D eigenvalue weighted by Crippen LogP contribution is -2.43. The summed E-state index contributed by atoms with van der Waals surface area (Å²) in [5, 5.41) is 3.41. The van der Waals surface area contributed by atoms with Crippen LogP contribution >= 0.6 is 0 Å². The molecule has 38 heavy (non-hydrogen) atoms. The van der Waals surface area contributed by atoms with Crippen LogP contribution in [0.4, 0.5) is 0 Å². The van der Waals surface area contributed by atoms with E-state index in [2.05, 4.69) is 29.1 Å². The quantitative estimate of drug-likeness (QED) is 0.157. The molecule has 8 heteroatoms. The van der Waals surface area contributed by atoms with E-state index in [9.17, 15) is 9.59 Å². The topological polar surface area (TPSA) is 111 Å². The van der Waals surface area contributed by atoms with Crippen molar-refractivity contribution in [3.8, 4) is 5.75 Å². The van der Waals surface area contributed by atoms with Crippen LogP contribution in [0.3, 0.4) is 0 Å². The smallest absolute Gasteiger partial charge is 0.156 e. The number of Topliss-reactive ketones (excluding diaryl/α,β-unsaturated/α-hetero) is 1. The van der Waals surface area contributed by atoms with Crippen molar-refractivity contribution in [3.05, 3.63) is 63.1 Å². The highest BCUT2D eigenvalue weighted by atomic mass is 16.5. The maximum Gasteiger partial charge on any atom is 0.156 e. The molecule has 0 heterocycles. The summed E-state index contributed by atoms with van der Waals surface area (Å²) in [4.78, 5) is 27.9. The van der Waals surface area contributed by atoms with Crippen molar-refractivity contribution in [2.45, 2.75) is 57.8 Å². The van der Waals surface area contributed by atoms with Crippen molar-refractivity contribution in [3.63, 3.8) is 0 Å². The molecule has 5 rings (SSSR count). The highest BCUT2D eigenvalue weighted by Gasteiger charge is 2.56. The van der Waals surface area contributed by atoms with Gasteiger partial charge in [0.05, 0.1) is 26.4 Å². The summed E-state index contributed by atoms with van der Waals surface area (Å²) < 4.78 is 16.7. The van der Waals surface area contributed by atoms with Gasteiger partial charge < -0.3 is 14.2 Å². The van der Waals surface area contributed by atoms with E-state index in [4.69, 9.17) is 19.7 Å². The zero-order valence-electron chi connectivity index (χ0n) is 22.2. The Labute approximate surface area is 224 Å². The van der Waals surface area contributed by atoms with Gasteiger partial charge in [-0.25, -0.2) is 0 Å². The van der Waals surface area contributed by atoms with E-state index in [1.807, 2.05) is 18.2 Å². The minimum atomic E-state index is -0.260. The van der Waals surface area contributed by atoms with Crippen molar-refractivity contribution in [1.29, 1.82) is 0 Å². The van der Waals surface area contributed by atoms with E-state index >= 15 is 0 Å². The third-order valence-corrected chi connectivity index (χ3v) is 8.99. The SMILES string of the molecule is C[C@]12C[C@H](c3ccc(OCCOCCOCCN=[N+]=[N-])cc3)C3=C4CCC(=O)C=C4CC[C@H]3[C@@H]1CCC2=O. The molecular weight excluding hydrogens is 482 g/mol. The number of benzene rings is 1. The molecule has 0 radical (unpaired) electrons. The number of nitrogens with zero attached hydrogens (tertiary/aromatic N) is 3. The van der Waals surface area contributed by atoms with Gasteiger partial charge in [0.2, 0.25) is 0 Å². The molecule has 0 aliphatic heterocycles. The normalized spacial score (nSPS) is 28.2. The molecule has 202 valence electrons. The van der Waals surface area contributed by atoms with Gasteiger partial charge in [-0.05, 0) is 84.4 Å². The molecular formula is C30H37N3O5. The average Bonchev–Trinajstić information content (AvgIpc) is 3.23. The maximum atomic E-state index is 13.1. The van der Waals surface area contributed by atoms with Crippen molar-refractivity contribution >= 4 is 11.6 Å². The summed E-state index contributed by atoms with van der Waals surface area (Å²) in [6.45, 7) is 4.72. The summed E-state index contributed by atoms with van der Waals surface area (Å²) >= 11 is 0. The third kappa shape index (κ3) is 5.44. The van der Waals surface area contributed by atoms with Crippen LogP contribution in [0, 0.1) is 17.3 Å². The predicted octanol–water partition coefficient (Wildman–Crippen LogP) is 5.88. The maximum absolute atomic E-state index is 13.1. The van der Waals surface area contributed by atoms with E-state index < -0.39 is 0 Å². The van der Waals surface area contributed by atoms with Crippen LogP contribution in [0.2, 0.25) is 0 Å². The van der Waals surface area contributed by atoms with Gasteiger partial charge in [-0.1, -0.05) is 29.7 Å². The Morgan fingerprint density at radius 1 is 0.974 bits per heavy atom. The van der Waals surface area contributed by atoms with Crippen molar-refractivity contribution in [2.24, 2.45) is 22.4 Å². The number of fused-ring (bicyclic) bond motifs is 4. The van der Waals surface area contributed by atoms with Crippen LogP contribution < -0.4 is 4.74 Å². The lowest BCUT2D eigenvalue weighted by molar-refractivity contribution is -0.128. The molecule has 0 N–H and O–H groups in total. The van der Waals surface area contributed by atoms with Gasteiger partial charge in [-0.2, -0.15) is 0 Å². The number of hydrogen-bond donors (Lipinski definition) is 0. The number of carbonyl (C=O) groups excluding carboxylic acids is 2. The van der Waals surface area contributed by atoms with Crippen molar-refractivity contribution in [2.75, 3.05) is 39.6 Å². The van der Waals surface area contributed by atoms with Crippen LogP contribution in [0.1, 0.15) is 63.4 Å². The van der Waals surface area contributed by atoms with E-state index in [-0.39, 0.29) is 17.1 Å². The number of carbonyl (C=O) groups is 2. The lowest BCUT2D eigenvalue weighted by atomic mass is 9.53. The Morgan fingerprint density at radius 2 is 1.74 bits per heavy atom. The zero-order valence-corrected chi connectivity index (χ0v) is 22.2. The van der Waals surface area contributed by atoms with Crippen LogP contribution in [-0.4, -0.2) is 51.1 Å². The van der Waals surface area contributed by atoms with Gasteiger partial charge in [-0.3, -0.25) is 9.59 Å². The standard InChI is InChI=1S/C30H37N3O5/c1-30-19-26(20-2-6-23(7-3-20)38-17-16-37-15-14-36-13-12-32-33-31)29-24-9-5-22(34)18-21(24)4-8-25(29)27(30)10-11-28(30)35/h2-3,6-7,18,25-27H,4-5,8-17,19H2,1H3/t25-,26+,27-,30-/m0/s1. The van der Waals surface area contributed by atoms with E-state index in [0.29, 0.717) is 70.0 Å². The van der Waals surface area contributed by atoms with Gasteiger partial charge in [0.1, 0.15) is 18.1 Å². The molecule has 8 nitrogen and oxygen atoms in total. The fourth-order valence-corrected chi connectivity index (χ4v) is 7.22.